The fourth-order valence-corrected chi connectivity index (χ4v) is 3.06. The Hall–Kier alpha value is -2.56. The van der Waals surface area contributed by atoms with Crippen LogP contribution in [0.2, 0.25) is 5.02 Å². The van der Waals surface area contributed by atoms with Gasteiger partial charge in [-0.3, -0.25) is 9.59 Å². The predicted molar refractivity (Wildman–Crippen MR) is 86.9 cm³/mol. The maximum Gasteiger partial charge on any atom is 0.258 e. The van der Waals surface area contributed by atoms with E-state index in [0.29, 0.717) is 27.2 Å². The van der Waals surface area contributed by atoms with E-state index < -0.39 is 17.3 Å². The van der Waals surface area contributed by atoms with Crippen LogP contribution >= 0.6 is 23.1 Å². The summed E-state index contributed by atoms with van der Waals surface area (Å²) >= 11 is 7.05. The second kappa shape index (κ2) is 5.91. The molecule has 2 aromatic heterocycles. The van der Waals surface area contributed by atoms with Gasteiger partial charge < -0.3 is 4.98 Å². The molecule has 114 valence electrons. The highest BCUT2D eigenvalue weighted by Gasteiger charge is 2.27. The van der Waals surface area contributed by atoms with Crippen molar-refractivity contribution >= 4 is 39.8 Å². The number of hydrogen-bond acceptors (Lipinski definition) is 6. The number of nitrogens with zero attached hydrogens (tertiary/aromatic N) is 3. The standard InChI is InChI=1S/C15H9ClN4O2S/c1-7-11(6-23-20-7)13(21)10(5-17)14-18-12-4-8(16)2-3-9(12)15(22)19-14/h2-4,6,10H,1H3,(H,18,19,22)/t10-/m0/s1. The van der Waals surface area contributed by atoms with E-state index in [2.05, 4.69) is 14.3 Å². The van der Waals surface area contributed by atoms with Gasteiger partial charge in [0.05, 0.1) is 28.2 Å². The van der Waals surface area contributed by atoms with Gasteiger partial charge >= 0.3 is 0 Å². The SMILES string of the molecule is Cc1nscc1C(=O)[C@H](C#N)c1nc2cc(Cl)ccc2c(=O)[nH]1. The van der Waals surface area contributed by atoms with Crippen molar-refractivity contribution in [3.8, 4) is 6.07 Å². The first-order valence-corrected chi connectivity index (χ1v) is 7.77. The lowest BCUT2D eigenvalue weighted by Gasteiger charge is -2.08. The second-order valence-electron chi connectivity index (χ2n) is 4.85. The summed E-state index contributed by atoms with van der Waals surface area (Å²) in [6.07, 6.45) is 0. The second-order valence-corrected chi connectivity index (χ2v) is 5.92. The number of carbonyl (C=O) groups excluding carboxylic acids is 1. The Morgan fingerprint density at radius 2 is 2.26 bits per heavy atom. The smallest absolute Gasteiger partial charge is 0.258 e. The van der Waals surface area contributed by atoms with E-state index in [9.17, 15) is 14.9 Å². The number of aromatic amines is 1. The molecular weight excluding hydrogens is 336 g/mol. The normalized spacial score (nSPS) is 12.0. The summed E-state index contributed by atoms with van der Waals surface area (Å²) in [6, 6.07) is 6.54. The zero-order valence-electron chi connectivity index (χ0n) is 11.8. The number of aryl methyl sites for hydroxylation is 1. The van der Waals surface area contributed by atoms with Crippen LogP contribution in [-0.2, 0) is 0 Å². The van der Waals surface area contributed by atoms with Crippen molar-refractivity contribution in [3.05, 3.63) is 56.0 Å². The number of hydrogen-bond donors (Lipinski definition) is 1. The zero-order chi connectivity index (χ0) is 16.6. The average molecular weight is 345 g/mol. The molecule has 6 nitrogen and oxygen atoms in total. The van der Waals surface area contributed by atoms with E-state index >= 15 is 0 Å². The van der Waals surface area contributed by atoms with Crippen molar-refractivity contribution in [2.24, 2.45) is 0 Å². The molecule has 0 saturated heterocycles. The summed E-state index contributed by atoms with van der Waals surface area (Å²) in [5.41, 5.74) is 0.821. The number of H-pyrrole nitrogens is 1. The molecule has 0 radical (unpaired) electrons. The van der Waals surface area contributed by atoms with Crippen LogP contribution in [0.5, 0.6) is 0 Å². The molecule has 3 rings (SSSR count). The van der Waals surface area contributed by atoms with Crippen LogP contribution in [-0.4, -0.2) is 20.1 Å². The van der Waals surface area contributed by atoms with Gasteiger partial charge in [0.1, 0.15) is 5.82 Å². The highest BCUT2D eigenvalue weighted by atomic mass is 35.5. The molecular formula is C15H9ClN4O2S. The minimum Gasteiger partial charge on any atom is -0.308 e. The molecule has 0 spiro atoms. The minimum atomic E-state index is -1.21. The fourth-order valence-electron chi connectivity index (χ4n) is 2.20. The predicted octanol–water partition coefficient (Wildman–Crippen LogP) is 2.83. The van der Waals surface area contributed by atoms with Gasteiger partial charge in [0, 0.05) is 10.4 Å². The maximum absolute atomic E-state index is 12.5. The minimum absolute atomic E-state index is 0.00265. The lowest BCUT2D eigenvalue weighted by atomic mass is 9.99. The van der Waals surface area contributed by atoms with Crippen LogP contribution in [0.15, 0.2) is 28.4 Å². The summed E-state index contributed by atoms with van der Waals surface area (Å²) in [6.45, 7) is 1.69. The quantitative estimate of drug-likeness (QED) is 0.736. The number of nitrogens with one attached hydrogen (secondary N) is 1. The Morgan fingerprint density at radius 3 is 2.91 bits per heavy atom. The molecule has 2 heterocycles. The average Bonchev–Trinajstić information content (AvgIpc) is 2.93. The van der Waals surface area contributed by atoms with Gasteiger partial charge in [-0.2, -0.15) is 9.64 Å². The zero-order valence-corrected chi connectivity index (χ0v) is 13.4. The molecule has 1 atom stereocenters. The molecule has 0 fully saturated rings. The van der Waals surface area contributed by atoms with E-state index in [1.165, 1.54) is 6.07 Å². The third-order valence-electron chi connectivity index (χ3n) is 3.37. The largest absolute Gasteiger partial charge is 0.308 e. The van der Waals surface area contributed by atoms with Crippen LogP contribution in [0.4, 0.5) is 0 Å². The fraction of sp³-hybridized carbons (Fsp3) is 0.133. The molecule has 8 heteroatoms. The van der Waals surface area contributed by atoms with Crippen molar-refractivity contribution in [2.75, 3.05) is 0 Å². The molecule has 0 amide bonds. The Labute approximate surface area is 139 Å². The highest BCUT2D eigenvalue weighted by molar-refractivity contribution is 7.04. The van der Waals surface area contributed by atoms with Crippen LogP contribution in [0, 0.1) is 18.3 Å². The van der Waals surface area contributed by atoms with E-state index in [4.69, 9.17) is 11.6 Å². The van der Waals surface area contributed by atoms with Crippen molar-refractivity contribution in [3.63, 3.8) is 0 Å². The number of benzene rings is 1. The van der Waals surface area contributed by atoms with Gasteiger partial charge in [0.25, 0.3) is 5.56 Å². The third-order valence-corrected chi connectivity index (χ3v) is 4.32. The summed E-state index contributed by atoms with van der Waals surface area (Å²) in [5, 5.41) is 11.7. The number of nitriles is 1. The molecule has 1 aromatic carbocycles. The number of halogens is 1. The van der Waals surface area contributed by atoms with Gasteiger partial charge in [-0.15, -0.1) is 0 Å². The summed E-state index contributed by atoms with van der Waals surface area (Å²) in [4.78, 5) is 31.4. The van der Waals surface area contributed by atoms with Gasteiger partial charge in [-0.1, -0.05) is 11.6 Å². The Kier molecular flexibility index (Phi) is 3.94. The number of carbonyl (C=O) groups is 1. The van der Waals surface area contributed by atoms with Crippen molar-refractivity contribution in [2.45, 2.75) is 12.8 Å². The number of aromatic nitrogens is 3. The molecule has 0 aliphatic rings. The monoisotopic (exact) mass is 344 g/mol. The lowest BCUT2D eigenvalue weighted by molar-refractivity contribution is 0.0976. The number of ketones is 1. The van der Waals surface area contributed by atoms with Crippen LogP contribution in [0.1, 0.15) is 27.8 Å². The van der Waals surface area contributed by atoms with E-state index in [-0.39, 0.29) is 5.82 Å². The number of fused-ring (bicyclic) bond motifs is 1. The van der Waals surface area contributed by atoms with Gasteiger partial charge in [-0.05, 0) is 36.7 Å². The molecule has 0 unspecified atom stereocenters. The highest BCUT2D eigenvalue weighted by Crippen LogP contribution is 2.22. The molecule has 0 bridgehead atoms. The third kappa shape index (κ3) is 2.74. The maximum atomic E-state index is 12.5. The summed E-state index contributed by atoms with van der Waals surface area (Å²) < 4.78 is 4.03. The Bertz CT molecular complexity index is 1020. The Balaban J connectivity index is 2.14. The van der Waals surface area contributed by atoms with Crippen LogP contribution in [0.25, 0.3) is 10.9 Å². The van der Waals surface area contributed by atoms with Gasteiger partial charge in [0.2, 0.25) is 0 Å². The molecule has 3 aromatic rings. The van der Waals surface area contributed by atoms with E-state index in [0.717, 1.165) is 11.5 Å². The first-order valence-electron chi connectivity index (χ1n) is 6.55. The molecule has 0 aliphatic carbocycles. The first-order chi connectivity index (χ1) is 11.0. The van der Waals surface area contributed by atoms with Crippen LogP contribution < -0.4 is 5.56 Å². The molecule has 23 heavy (non-hydrogen) atoms. The van der Waals surface area contributed by atoms with Crippen molar-refractivity contribution in [1.29, 1.82) is 5.26 Å². The van der Waals surface area contributed by atoms with Gasteiger partial charge in [-0.25, -0.2) is 4.98 Å². The number of rotatable bonds is 3. The Morgan fingerprint density at radius 1 is 1.48 bits per heavy atom. The summed E-state index contributed by atoms with van der Waals surface area (Å²) in [5.74, 6) is -1.65. The lowest BCUT2D eigenvalue weighted by Crippen LogP contribution is -2.20. The topological polar surface area (TPSA) is 99.5 Å². The first kappa shape index (κ1) is 15.3. The number of Topliss-reactive ketones (excluding diaryl/α,β-unsaturated/α-hetero) is 1. The molecule has 1 N–H and O–H groups in total. The molecule has 0 aliphatic heterocycles. The van der Waals surface area contributed by atoms with Crippen molar-refractivity contribution < 1.29 is 4.79 Å². The van der Waals surface area contributed by atoms with Crippen LogP contribution in [0.3, 0.4) is 0 Å². The molecule has 0 saturated carbocycles. The van der Waals surface area contributed by atoms with E-state index in [1.807, 2.05) is 6.07 Å². The van der Waals surface area contributed by atoms with E-state index in [1.54, 1.807) is 24.4 Å². The summed E-state index contributed by atoms with van der Waals surface area (Å²) in [7, 11) is 0. The van der Waals surface area contributed by atoms with Gasteiger partial charge in [0.15, 0.2) is 11.7 Å². The van der Waals surface area contributed by atoms with Crippen molar-refractivity contribution in [1.82, 2.24) is 14.3 Å².